The smallest absolute Gasteiger partial charge is 0.229 e. The van der Waals surface area contributed by atoms with Gasteiger partial charge in [-0.3, -0.25) is 0 Å². The summed E-state index contributed by atoms with van der Waals surface area (Å²) in [6.07, 6.45) is 8.19. The van der Waals surface area contributed by atoms with E-state index in [9.17, 15) is 0 Å². The lowest BCUT2D eigenvalue weighted by Gasteiger charge is -2.53. The summed E-state index contributed by atoms with van der Waals surface area (Å²) in [6, 6.07) is 0. The van der Waals surface area contributed by atoms with Gasteiger partial charge in [0.25, 0.3) is 0 Å². The molecule has 0 unspecified atom stereocenters. The molecule has 1 rings (SSSR count). The van der Waals surface area contributed by atoms with Crippen LogP contribution in [-0.2, 0) is 0 Å². The van der Waals surface area contributed by atoms with E-state index in [1.807, 2.05) is 24.8 Å². The Morgan fingerprint density at radius 2 is 0.650 bits per heavy atom. The van der Waals surface area contributed by atoms with Gasteiger partial charge in [0, 0.05) is 0 Å². The first-order valence-corrected chi connectivity index (χ1v) is 15.8. The van der Waals surface area contributed by atoms with Crippen LogP contribution in [0.1, 0.15) is 0 Å². The van der Waals surface area contributed by atoms with Crippen molar-refractivity contribution in [1.29, 1.82) is 0 Å². The Kier molecular flexibility index (Phi) is 6.11. The Balaban J connectivity index is 3.31. The molecule has 0 spiro atoms. The summed E-state index contributed by atoms with van der Waals surface area (Å²) in [7, 11) is -5.00. The molecule has 0 aromatic carbocycles. The number of hydrogen-bond acceptors (Lipinski definition) is 4. The number of hydrogen-bond donors (Lipinski definition) is 0. The van der Waals surface area contributed by atoms with Gasteiger partial charge in [0.05, 0.1) is 0 Å². The molecule has 0 amide bonds. The lowest BCUT2D eigenvalue weighted by Crippen LogP contribution is -2.71. The summed E-state index contributed by atoms with van der Waals surface area (Å²) in [4.78, 5) is 0. The molecule has 112 valence electrons. The highest BCUT2D eigenvalue weighted by Crippen LogP contribution is 2.20. The van der Waals surface area contributed by atoms with E-state index in [4.69, 9.17) is 0 Å². The molecule has 1 fully saturated rings. The van der Waals surface area contributed by atoms with Crippen LogP contribution >= 0.6 is 0 Å². The Labute approximate surface area is 131 Å². The van der Waals surface area contributed by atoms with Crippen LogP contribution in [-0.4, -0.2) is 53.4 Å². The summed E-state index contributed by atoms with van der Waals surface area (Å²) in [6.45, 7) is 25.7. The standard InChI is InChI=1S/C12H28N4Si4/c1-9-13-17(5)14(10-2)19(7)16(12-4)20(8)15(11-3)18(13)6/h9-12,17-20H,1-4H2,5-8H3. The number of nitrogens with zero attached hydrogens (tertiary/aromatic N) is 4. The molecule has 0 aromatic heterocycles. The van der Waals surface area contributed by atoms with E-state index in [1.165, 1.54) is 0 Å². The topological polar surface area (TPSA) is 13.0 Å². The van der Waals surface area contributed by atoms with Crippen molar-refractivity contribution >= 4 is 36.5 Å². The van der Waals surface area contributed by atoms with Gasteiger partial charge in [0.1, 0.15) is 0 Å². The SMILES string of the molecule is C=CN1[SiH](C)N(C=C)[SiH](C)N(C=C)[SiH](C)N(C=C)[SiH]1C. The molecule has 4 nitrogen and oxygen atoms in total. The van der Waals surface area contributed by atoms with E-state index in [0.29, 0.717) is 0 Å². The van der Waals surface area contributed by atoms with Crippen molar-refractivity contribution in [1.82, 2.24) is 16.9 Å². The van der Waals surface area contributed by atoms with Crippen molar-refractivity contribution in [3.63, 3.8) is 0 Å². The lowest BCUT2D eigenvalue weighted by atomic mass is 11.1. The zero-order valence-electron chi connectivity index (χ0n) is 13.2. The Morgan fingerprint density at radius 3 is 0.750 bits per heavy atom. The summed E-state index contributed by atoms with van der Waals surface area (Å²) in [5, 5.41) is 0. The predicted molar refractivity (Wildman–Crippen MR) is 100 cm³/mol. The Hall–Kier alpha value is -0.972. The first-order chi connectivity index (χ1) is 9.44. The first-order valence-electron chi connectivity index (χ1n) is 7.04. The number of rotatable bonds is 4. The van der Waals surface area contributed by atoms with Crippen LogP contribution in [0.25, 0.3) is 0 Å². The Morgan fingerprint density at radius 1 is 0.500 bits per heavy atom. The van der Waals surface area contributed by atoms with E-state index in [0.717, 1.165) is 0 Å². The van der Waals surface area contributed by atoms with E-state index in [1.54, 1.807) is 0 Å². The highest BCUT2D eigenvalue weighted by Gasteiger charge is 2.38. The molecule has 1 heterocycles. The van der Waals surface area contributed by atoms with Gasteiger partial charge in [0.15, 0.2) is 0 Å². The molecule has 0 radical (unpaired) electrons. The van der Waals surface area contributed by atoms with Gasteiger partial charge < -0.3 is 16.9 Å². The van der Waals surface area contributed by atoms with Crippen LogP contribution in [0.4, 0.5) is 0 Å². The maximum atomic E-state index is 4.05. The average Bonchev–Trinajstić information content (AvgIpc) is 2.41. The van der Waals surface area contributed by atoms with Crippen LogP contribution in [0.5, 0.6) is 0 Å². The molecule has 0 aromatic rings. The van der Waals surface area contributed by atoms with Crippen LogP contribution in [0, 0.1) is 0 Å². The molecule has 0 aliphatic carbocycles. The third-order valence-electron chi connectivity index (χ3n) is 4.30. The van der Waals surface area contributed by atoms with Gasteiger partial charge in [0.2, 0.25) is 36.5 Å². The molecule has 1 aliphatic heterocycles. The van der Waals surface area contributed by atoms with Crippen LogP contribution in [0.3, 0.4) is 0 Å². The third kappa shape index (κ3) is 2.87. The van der Waals surface area contributed by atoms with Gasteiger partial charge >= 0.3 is 0 Å². The molecule has 1 aliphatic rings. The monoisotopic (exact) mass is 340 g/mol. The van der Waals surface area contributed by atoms with Crippen molar-refractivity contribution in [3.05, 3.63) is 51.1 Å². The summed E-state index contributed by atoms with van der Waals surface area (Å²) in [5.74, 6) is 0. The second-order valence-electron chi connectivity index (χ2n) is 5.05. The summed E-state index contributed by atoms with van der Waals surface area (Å²) in [5.41, 5.74) is 0. The maximum absolute atomic E-state index is 4.05. The van der Waals surface area contributed by atoms with E-state index in [-0.39, 0.29) is 0 Å². The van der Waals surface area contributed by atoms with Gasteiger partial charge in [-0.15, -0.1) is 0 Å². The largest absolute Gasteiger partial charge is 0.404 e. The Bertz CT molecular complexity index is 304. The minimum Gasteiger partial charge on any atom is -0.404 e. The third-order valence-corrected chi connectivity index (χ3v) is 23.2. The minimum atomic E-state index is -1.25. The minimum absolute atomic E-state index is 1.25. The molecule has 0 N–H and O–H groups in total. The second kappa shape index (κ2) is 7.16. The molecule has 0 bridgehead atoms. The molecular weight excluding hydrogens is 313 g/mol. The van der Waals surface area contributed by atoms with Crippen molar-refractivity contribution in [2.24, 2.45) is 0 Å². The predicted octanol–water partition coefficient (Wildman–Crippen LogP) is 1.18. The highest BCUT2D eigenvalue weighted by atomic mass is 28.4. The summed E-state index contributed by atoms with van der Waals surface area (Å²) >= 11 is 0. The fourth-order valence-electron chi connectivity index (χ4n) is 3.09. The van der Waals surface area contributed by atoms with Crippen molar-refractivity contribution in [3.8, 4) is 0 Å². The fourth-order valence-corrected chi connectivity index (χ4v) is 22.3. The summed E-state index contributed by atoms with van der Waals surface area (Å²) < 4.78 is 10.2. The normalized spacial score (nSPS) is 31.4. The van der Waals surface area contributed by atoms with Gasteiger partial charge in [-0.05, 0) is 51.0 Å². The molecule has 20 heavy (non-hydrogen) atoms. The first kappa shape index (κ1) is 17.1. The van der Waals surface area contributed by atoms with Gasteiger partial charge in [-0.2, -0.15) is 0 Å². The van der Waals surface area contributed by atoms with Crippen molar-refractivity contribution < 1.29 is 0 Å². The van der Waals surface area contributed by atoms with Gasteiger partial charge in [-0.1, -0.05) is 26.3 Å². The molecular formula is C12H28N4Si4. The second-order valence-corrected chi connectivity index (χ2v) is 17.3. The van der Waals surface area contributed by atoms with Crippen LogP contribution in [0.15, 0.2) is 51.1 Å². The van der Waals surface area contributed by atoms with Gasteiger partial charge in [-0.25, -0.2) is 0 Å². The van der Waals surface area contributed by atoms with Crippen LogP contribution in [0.2, 0.25) is 26.2 Å². The molecule has 0 atom stereocenters. The molecule has 0 saturated carbocycles. The zero-order valence-corrected chi connectivity index (χ0v) is 17.9. The molecule has 1 saturated heterocycles. The quantitative estimate of drug-likeness (QED) is 0.713. The maximum Gasteiger partial charge on any atom is 0.229 e. The van der Waals surface area contributed by atoms with E-state index < -0.39 is 36.5 Å². The zero-order chi connectivity index (χ0) is 15.4. The van der Waals surface area contributed by atoms with E-state index >= 15 is 0 Å². The molecule has 8 heteroatoms. The van der Waals surface area contributed by atoms with E-state index in [2.05, 4.69) is 69.4 Å². The lowest BCUT2D eigenvalue weighted by molar-refractivity contribution is 0.615. The highest BCUT2D eigenvalue weighted by molar-refractivity contribution is 6.85. The average molecular weight is 341 g/mol. The fraction of sp³-hybridized carbons (Fsp3) is 0.333. The van der Waals surface area contributed by atoms with Crippen LogP contribution < -0.4 is 0 Å². The van der Waals surface area contributed by atoms with Crippen molar-refractivity contribution in [2.45, 2.75) is 26.2 Å². The van der Waals surface area contributed by atoms with Crippen molar-refractivity contribution in [2.75, 3.05) is 0 Å².